The summed E-state index contributed by atoms with van der Waals surface area (Å²) in [5.74, 6) is -68.5. The number of ether oxygens (including phenoxy) is 2. The fraction of sp³-hybridized carbons (Fsp3) is 0.333. The van der Waals surface area contributed by atoms with Crippen LogP contribution in [-0.2, 0) is 0 Å². The minimum Gasteiger partial charge on any atom is -0.452 e. The van der Waals surface area contributed by atoms with E-state index in [0.29, 0.717) is 24.3 Å². The Hall–Kier alpha value is -3.74. The highest BCUT2D eigenvalue weighted by Crippen LogP contribution is 2.63. The number of hydrogen-bond acceptors (Lipinski definition) is 2. The van der Waals surface area contributed by atoms with Crippen molar-refractivity contribution in [2.75, 3.05) is 0 Å². The molecule has 2 aromatic carbocycles. The van der Waals surface area contributed by atoms with E-state index in [9.17, 15) is 79.0 Å². The average Bonchev–Trinajstić information content (AvgIpc) is 2.92. The maximum atomic E-state index is 14.0. The van der Waals surface area contributed by atoms with Crippen LogP contribution in [0.4, 0.5) is 79.0 Å². The van der Waals surface area contributed by atoms with Crippen molar-refractivity contribution in [3.05, 3.63) is 71.7 Å². The number of benzene rings is 2. The highest BCUT2D eigenvalue weighted by Gasteiger charge is 2.89. The molecule has 20 heteroatoms. The Morgan fingerprint density at radius 3 is 0.818 bits per heavy atom. The predicted octanol–water partition coefficient (Wildman–Crippen LogP) is 9.58. The Kier molecular flexibility index (Phi) is 7.07. The van der Waals surface area contributed by atoms with E-state index in [4.69, 9.17) is 0 Å². The van der Waals surface area contributed by atoms with Gasteiger partial charge in [0.25, 0.3) is 0 Å². The minimum absolute atomic E-state index is 0.0953. The van der Waals surface area contributed by atoms with Gasteiger partial charge in [0.2, 0.25) is 23.2 Å². The lowest BCUT2D eigenvalue weighted by Gasteiger charge is -2.40. The number of hydrogen-bond donors (Lipinski definition) is 0. The van der Waals surface area contributed by atoms with Crippen LogP contribution in [0.2, 0.25) is 0 Å². The largest absolute Gasteiger partial charge is 0.452 e. The number of allylic oxidation sites excluding steroid dienone is 4. The second-order valence-corrected chi connectivity index (χ2v) is 9.13. The van der Waals surface area contributed by atoms with Crippen LogP contribution in [0, 0.1) is 0 Å². The molecule has 2 aliphatic rings. The molecule has 0 N–H and O–H groups in total. The molecule has 44 heavy (non-hydrogen) atoms. The highest BCUT2D eigenvalue weighted by atomic mass is 19.4. The molecule has 0 aromatic heterocycles. The first-order chi connectivity index (χ1) is 19.7. The van der Waals surface area contributed by atoms with Gasteiger partial charge in [0.15, 0.2) is 0 Å². The summed E-state index contributed by atoms with van der Waals surface area (Å²) in [6.45, 7) is 0. The third kappa shape index (κ3) is 4.07. The molecule has 0 radical (unpaired) electrons. The molecular weight excluding hydrogens is 662 g/mol. The van der Waals surface area contributed by atoms with Crippen LogP contribution in [0.3, 0.4) is 0 Å². The van der Waals surface area contributed by atoms with Gasteiger partial charge in [-0.3, -0.25) is 0 Å². The zero-order valence-corrected chi connectivity index (χ0v) is 20.2. The van der Waals surface area contributed by atoms with Gasteiger partial charge in [-0.15, -0.1) is 0 Å². The minimum atomic E-state index is -6.86. The number of rotatable bonds is 5. The van der Waals surface area contributed by atoms with Crippen LogP contribution < -0.4 is 9.47 Å². The second-order valence-electron chi connectivity index (χ2n) is 9.13. The van der Waals surface area contributed by atoms with Gasteiger partial charge in [-0.05, 0) is 35.4 Å². The maximum Gasteiger partial charge on any atom is 0.386 e. The fourth-order valence-corrected chi connectivity index (χ4v) is 3.79. The first kappa shape index (κ1) is 33.2. The molecule has 0 bridgehead atoms. The van der Waals surface area contributed by atoms with Crippen LogP contribution in [0.1, 0.15) is 0 Å². The van der Waals surface area contributed by atoms with Crippen molar-refractivity contribution in [1.29, 1.82) is 0 Å². The van der Waals surface area contributed by atoms with Crippen molar-refractivity contribution in [2.24, 2.45) is 0 Å². The quantitative estimate of drug-likeness (QED) is 0.295. The van der Waals surface area contributed by atoms with Crippen LogP contribution in [0.15, 0.2) is 71.7 Å². The van der Waals surface area contributed by atoms with E-state index in [0.717, 1.165) is 24.3 Å². The molecular formula is C24H8F18O2. The summed E-state index contributed by atoms with van der Waals surface area (Å²) in [6, 6.07) is 5.45. The van der Waals surface area contributed by atoms with Crippen LogP contribution in [0.5, 0.6) is 11.5 Å². The Morgan fingerprint density at radius 2 is 0.568 bits per heavy atom. The summed E-state index contributed by atoms with van der Waals surface area (Å²) < 4.78 is 254. The molecule has 242 valence electrons. The van der Waals surface area contributed by atoms with Gasteiger partial charge in [-0.25, -0.2) is 8.78 Å². The van der Waals surface area contributed by atoms with E-state index in [1.807, 2.05) is 0 Å². The van der Waals surface area contributed by atoms with E-state index in [1.54, 1.807) is 0 Å². The Morgan fingerprint density at radius 1 is 0.341 bits per heavy atom. The normalized spacial score (nSPS) is 25.4. The summed E-state index contributed by atoms with van der Waals surface area (Å²) in [5, 5.41) is 0. The van der Waals surface area contributed by atoms with Crippen LogP contribution in [0.25, 0.3) is 11.1 Å². The Labute approximate surface area is 231 Å². The molecule has 0 amide bonds. The molecule has 0 saturated carbocycles. The van der Waals surface area contributed by atoms with Gasteiger partial charge in [0, 0.05) is 0 Å². The average molecular weight is 670 g/mol. The van der Waals surface area contributed by atoms with E-state index in [-0.39, 0.29) is 11.1 Å². The third-order valence-electron chi connectivity index (χ3n) is 6.37. The van der Waals surface area contributed by atoms with Crippen molar-refractivity contribution in [1.82, 2.24) is 0 Å². The Bertz CT molecular complexity index is 1410. The molecule has 2 nitrogen and oxygen atoms in total. The van der Waals surface area contributed by atoms with E-state index in [1.165, 1.54) is 0 Å². The van der Waals surface area contributed by atoms with Crippen molar-refractivity contribution in [3.8, 4) is 22.6 Å². The standard InChI is InChI=1S/C24H8F18O2/c25-13-15(19(31,32)23(39,40)21(35,36)17(13,27)28)43-11-5-1-9(2-6-11)10-3-7-12(8-4-10)44-16-14(26)18(29,30)22(37,38)24(41,42)20(16,33)34/h1-8H. The molecule has 0 saturated heterocycles. The lowest BCUT2D eigenvalue weighted by Crippen LogP contribution is -2.67. The smallest absolute Gasteiger partial charge is 0.386 e. The van der Waals surface area contributed by atoms with Crippen molar-refractivity contribution in [3.63, 3.8) is 0 Å². The summed E-state index contributed by atoms with van der Waals surface area (Å²) in [7, 11) is 0. The van der Waals surface area contributed by atoms with Gasteiger partial charge >= 0.3 is 47.4 Å². The van der Waals surface area contributed by atoms with E-state index < -0.39 is 82.1 Å². The van der Waals surface area contributed by atoms with Gasteiger partial charge in [0.05, 0.1) is 0 Å². The molecule has 0 spiro atoms. The first-order valence-corrected chi connectivity index (χ1v) is 11.1. The molecule has 0 fully saturated rings. The van der Waals surface area contributed by atoms with E-state index in [2.05, 4.69) is 9.47 Å². The van der Waals surface area contributed by atoms with Crippen LogP contribution in [-0.4, -0.2) is 47.4 Å². The number of halogens is 18. The van der Waals surface area contributed by atoms with Gasteiger partial charge in [-0.1, -0.05) is 24.3 Å². The van der Waals surface area contributed by atoms with Crippen molar-refractivity contribution < 1.29 is 88.5 Å². The molecule has 0 unspecified atom stereocenters. The van der Waals surface area contributed by atoms with Gasteiger partial charge in [-0.2, -0.15) is 70.2 Å². The third-order valence-corrected chi connectivity index (χ3v) is 6.37. The van der Waals surface area contributed by atoms with Crippen LogP contribution >= 0.6 is 0 Å². The zero-order chi connectivity index (χ0) is 33.7. The molecule has 4 rings (SSSR count). The zero-order valence-electron chi connectivity index (χ0n) is 20.2. The Balaban J connectivity index is 1.60. The van der Waals surface area contributed by atoms with E-state index >= 15 is 0 Å². The van der Waals surface area contributed by atoms with Crippen molar-refractivity contribution in [2.45, 2.75) is 47.4 Å². The molecule has 0 aliphatic heterocycles. The molecule has 2 aromatic rings. The molecule has 0 atom stereocenters. The lowest BCUT2D eigenvalue weighted by molar-refractivity contribution is -0.368. The summed E-state index contributed by atoms with van der Waals surface area (Å²) in [4.78, 5) is 0. The topological polar surface area (TPSA) is 18.5 Å². The first-order valence-electron chi connectivity index (χ1n) is 11.1. The number of alkyl halides is 16. The summed E-state index contributed by atoms with van der Waals surface area (Å²) in [5.41, 5.74) is -0.191. The van der Waals surface area contributed by atoms with Gasteiger partial charge < -0.3 is 9.47 Å². The maximum absolute atomic E-state index is 14.0. The van der Waals surface area contributed by atoms with Gasteiger partial charge in [0.1, 0.15) is 11.5 Å². The summed E-state index contributed by atoms with van der Waals surface area (Å²) >= 11 is 0. The SMILES string of the molecule is FC1=C(Oc2ccc(-c3ccc(OC4=C(F)C(F)(F)C(F)(F)C(F)(F)C4(F)F)cc3)cc2)C(F)(F)C(F)(F)C(F)(F)C1(F)F. The molecule has 2 aliphatic carbocycles. The second kappa shape index (κ2) is 9.38. The highest BCUT2D eigenvalue weighted by molar-refractivity contribution is 5.65. The monoisotopic (exact) mass is 670 g/mol. The van der Waals surface area contributed by atoms with Crippen molar-refractivity contribution >= 4 is 0 Å². The summed E-state index contributed by atoms with van der Waals surface area (Å²) in [6.07, 6.45) is 0. The predicted molar refractivity (Wildman–Crippen MR) is 109 cm³/mol. The molecule has 0 heterocycles. The fourth-order valence-electron chi connectivity index (χ4n) is 3.79. The lowest BCUT2D eigenvalue weighted by atomic mass is 9.89.